The molecule has 114 valence electrons. The van der Waals surface area contributed by atoms with Crippen molar-refractivity contribution in [1.29, 1.82) is 0 Å². The van der Waals surface area contributed by atoms with E-state index in [1.165, 1.54) is 10.6 Å². The molecule has 1 aliphatic rings. The van der Waals surface area contributed by atoms with Gasteiger partial charge >= 0.3 is 5.97 Å². The van der Waals surface area contributed by atoms with Crippen LogP contribution in [-0.4, -0.2) is 22.2 Å². The smallest absolute Gasteiger partial charge is 0.307 e. The van der Waals surface area contributed by atoms with Gasteiger partial charge in [-0.15, -0.1) is 0 Å². The number of aromatic nitrogens is 1. The number of hydrogen-bond donors (Lipinski definition) is 1. The third-order valence-corrected chi connectivity index (χ3v) is 4.29. The second-order valence-corrected chi connectivity index (χ2v) is 5.72. The fraction of sp³-hybridized carbons (Fsp3) is 0.294. The summed E-state index contributed by atoms with van der Waals surface area (Å²) >= 11 is 0. The molecule has 1 N–H and O–H groups in total. The summed E-state index contributed by atoms with van der Waals surface area (Å²) in [7, 11) is 1.67. The lowest BCUT2D eigenvalue weighted by molar-refractivity contribution is -0.139. The van der Waals surface area contributed by atoms with Crippen molar-refractivity contribution in [2.75, 3.05) is 6.61 Å². The molecule has 0 amide bonds. The van der Waals surface area contributed by atoms with Gasteiger partial charge in [0, 0.05) is 24.7 Å². The second-order valence-electron chi connectivity index (χ2n) is 5.72. The molecule has 0 bridgehead atoms. The molecule has 1 saturated carbocycles. The largest absolute Gasteiger partial charge is 0.492 e. The molecule has 5 heteroatoms. The zero-order chi connectivity index (χ0) is 15.7. The van der Waals surface area contributed by atoms with Crippen molar-refractivity contribution in [1.82, 2.24) is 4.57 Å². The predicted molar refractivity (Wildman–Crippen MR) is 81.0 cm³/mol. The quantitative estimate of drug-likeness (QED) is 0.914. The molecule has 1 aromatic carbocycles. The van der Waals surface area contributed by atoms with Gasteiger partial charge in [0.15, 0.2) is 0 Å². The first-order valence-corrected chi connectivity index (χ1v) is 7.11. The first-order chi connectivity index (χ1) is 10.5. The molecular weight excluding hydrogens is 282 g/mol. The minimum atomic E-state index is -0.809. The number of aryl methyl sites for hydroxylation is 1. The molecule has 1 aromatic heterocycles. The first-order valence-electron chi connectivity index (χ1n) is 7.11. The Morgan fingerprint density at radius 3 is 2.68 bits per heavy atom. The number of nitrogens with zero attached hydrogens (tertiary/aromatic N) is 1. The number of ether oxygens (including phenoxy) is 1. The lowest BCUT2D eigenvalue weighted by Crippen LogP contribution is -2.24. The molecule has 1 fully saturated rings. The first kappa shape index (κ1) is 14.4. The average Bonchev–Trinajstić information content (AvgIpc) is 3.26. The second kappa shape index (κ2) is 5.33. The molecule has 2 aromatic rings. The fourth-order valence-corrected chi connectivity index (χ4v) is 2.79. The summed E-state index contributed by atoms with van der Waals surface area (Å²) in [5, 5.41) is 9.32. The minimum absolute atomic E-state index is 0.156. The Hall–Kier alpha value is -2.56. The molecule has 0 radical (unpaired) electrons. The summed E-state index contributed by atoms with van der Waals surface area (Å²) in [5.41, 5.74) is 0.303. The third kappa shape index (κ3) is 2.50. The van der Waals surface area contributed by atoms with Gasteiger partial charge in [0.2, 0.25) is 0 Å². The lowest BCUT2D eigenvalue weighted by Gasteiger charge is -2.18. The van der Waals surface area contributed by atoms with Crippen LogP contribution in [0.2, 0.25) is 0 Å². The number of carboxylic acid groups (broad SMARTS) is 1. The van der Waals surface area contributed by atoms with E-state index in [4.69, 9.17) is 4.74 Å². The van der Waals surface area contributed by atoms with E-state index in [2.05, 4.69) is 0 Å². The molecule has 22 heavy (non-hydrogen) atoms. The Kier molecular flexibility index (Phi) is 3.48. The lowest BCUT2D eigenvalue weighted by atomic mass is 9.94. The van der Waals surface area contributed by atoms with Crippen LogP contribution in [0.25, 0.3) is 0 Å². The van der Waals surface area contributed by atoms with E-state index in [1.54, 1.807) is 19.3 Å². The molecule has 1 heterocycles. The molecule has 2 atom stereocenters. The number of aliphatic carboxylic acids is 1. The molecule has 1 aliphatic carbocycles. The van der Waals surface area contributed by atoms with Gasteiger partial charge in [-0.3, -0.25) is 9.59 Å². The van der Waals surface area contributed by atoms with E-state index >= 15 is 0 Å². The number of carboxylic acids is 1. The highest BCUT2D eigenvalue weighted by Gasteiger charge is 2.60. The Morgan fingerprint density at radius 1 is 1.36 bits per heavy atom. The van der Waals surface area contributed by atoms with Crippen molar-refractivity contribution in [2.24, 2.45) is 13.0 Å². The van der Waals surface area contributed by atoms with Gasteiger partial charge in [-0.1, -0.05) is 30.3 Å². The van der Waals surface area contributed by atoms with Gasteiger partial charge < -0.3 is 14.4 Å². The Balaban J connectivity index is 1.82. The molecule has 3 rings (SSSR count). The SMILES string of the molecule is Cn1ccc(OCC2(c3ccccc3)CC2C(=O)O)cc1=O. The summed E-state index contributed by atoms with van der Waals surface area (Å²) in [6.07, 6.45) is 2.19. The number of pyridine rings is 1. The zero-order valence-corrected chi connectivity index (χ0v) is 12.2. The van der Waals surface area contributed by atoms with E-state index < -0.39 is 17.3 Å². The van der Waals surface area contributed by atoms with Crippen LogP contribution in [0.3, 0.4) is 0 Å². The summed E-state index contributed by atoms with van der Waals surface area (Å²) in [6.45, 7) is 0.251. The molecule has 5 nitrogen and oxygen atoms in total. The molecule has 0 aliphatic heterocycles. The van der Waals surface area contributed by atoms with E-state index in [0.29, 0.717) is 12.2 Å². The van der Waals surface area contributed by atoms with Crippen LogP contribution >= 0.6 is 0 Å². The van der Waals surface area contributed by atoms with E-state index in [-0.39, 0.29) is 12.2 Å². The van der Waals surface area contributed by atoms with Gasteiger partial charge in [-0.05, 0) is 18.1 Å². The minimum Gasteiger partial charge on any atom is -0.492 e. The normalized spacial score (nSPS) is 23.0. The van der Waals surface area contributed by atoms with E-state index in [9.17, 15) is 14.7 Å². The van der Waals surface area contributed by atoms with Crippen molar-refractivity contribution in [2.45, 2.75) is 11.8 Å². The van der Waals surface area contributed by atoms with Crippen LogP contribution < -0.4 is 10.3 Å². The van der Waals surface area contributed by atoms with Crippen molar-refractivity contribution >= 4 is 5.97 Å². The fourth-order valence-electron chi connectivity index (χ4n) is 2.79. The maximum Gasteiger partial charge on any atom is 0.307 e. The monoisotopic (exact) mass is 299 g/mol. The maximum absolute atomic E-state index is 11.6. The molecule has 0 spiro atoms. The van der Waals surface area contributed by atoms with E-state index in [0.717, 1.165) is 5.56 Å². The Labute approximate surface area is 127 Å². The highest BCUT2D eigenvalue weighted by molar-refractivity contribution is 5.77. The highest BCUT2D eigenvalue weighted by atomic mass is 16.5. The van der Waals surface area contributed by atoms with Crippen molar-refractivity contribution < 1.29 is 14.6 Å². The molecule has 0 saturated heterocycles. The number of rotatable bonds is 5. The van der Waals surface area contributed by atoms with Crippen molar-refractivity contribution in [3.63, 3.8) is 0 Å². The average molecular weight is 299 g/mol. The summed E-state index contributed by atoms with van der Waals surface area (Å²) < 4.78 is 7.18. The third-order valence-electron chi connectivity index (χ3n) is 4.29. The van der Waals surface area contributed by atoms with Crippen LogP contribution in [-0.2, 0) is 17.3 Å². The van der Waals surface area contributed by atoms with Crippen LogP contribution in [0.1, 0.15) is 12.0 Å². The number of benzene rings is 1. The Bertz CT molecular complexity index is 753. The van der Waals surface area contributed by atoms with Crippen LogP contribution in [0.15, 0.2) is 53.5 Å². The summed E-state index contributed by atoms with van der Waals surface area (Å²) in [6, 6.07) is 12.7. The number of hydrogen-bond acceptors (Lipinski definition) is 3. The standard InChI is InChI=1S/C17H17NO4/c1-18-8-7-13(9-15(18)19)22-11-17(10-14(17)16(20)21)12-5-3-2-4-6-12/h2-9,14H,10-11H2,1H3,(H,20,21). The van der Waals surface area contributed by atoms with Gasteiger partial charge in [0.25, 0.3) is 5.56 Å². The van der Waals surface area contributed by atoms with Gasteiger partial charge in [-0.25, -0.2) is 0 Å². The molecular formula is C17H17NO4. The van der Waals surface area contributed by atoms with Gasteiger partial charge in [-0.2, -0.15) is 0 Å². The number of carbonyl (C=O) groups is 1. The predicted octanol–water partition coefficient (Wildman–Crippen LogP) is 1.81. The van der Waals surface area contributed by atoms with Gasteiger partial charge in [0.1, 0.15) is 5.75 Å². The Morgan fingerprint density at radius 2 is 2.09 bits per heavy atom. The van der Waals surface area contributed by atoms with E-state index in [1.807, 2.05) is 30.3 Å². The van der Waals surface area contributed by atoms with Crippen LogP contribution in [0, 0.1) is 5.92 Å². The van der Waals surface area contributed by atoms with Gasteiger partial charge in [0.05, 0.1) is 12.5 Å². The summed E-state index contributed by atoms with van der Waals surface area (Å²) in [5.74, 6) is -0.785. The maximum atomic E-state index is 11.6. The topological polar surface area (TPSA) is 68.5 Å². The van der Waals surface area contributed by atoms with Crippen LogP contribution in [0.5, 0.6) is 5.75 Å². The highest BCUT2D eigenvalue weighted by Crippen LogP contribution is 2.54. The zero-order valence-electron chi connectivity index (χ0n) is 12.2. The molecule has 2 unspecified atom stereocenters. The van der Waals surface area contributed by atoms with Crippen molar-refractivity contribution in [3.05, 3.63) is 64.6 Å². The van der Waals surface area contributed by atoms with Crippen LogP contribution in [0.4, 0.5) is 0 Å². The van der Waals surface area contributed by atoms with Crippen molar-refractivity contribution in [3.8, 4) is 5.75 Å². The summed E-state index contributed by atoms with van der Waals surface area (Å²) in [4.78, 5) is 23.0.